The molecule has 0 aliphatic rings. The van der Waals surface area contributed by atoms with Crippen molar-refractivity contribution in [2.24, 2.45) is 0 Å². The van der Waals surface area contributed by atoms with Crippen LogP contribution in [0, 0.1) is 0 Å². The van der Waals surface area contributed by atoms with Crippen molar-refractivity contribution in [3.63, 3.8) is 0 Å². The van der Waals surface area contributed by atoms with Gasteiger partial charge < -0.3 is 0 Å². The number of nitrogens with zero attached hydrogens (tertiary/aromatic N) is 1. The molecule has 0 saturated heterocycles. The number of alkyl halides is 3. The number of hydrogen-bond acceptors (Lipinski definition) is 1. The Morgan fingerprint density at radius 1 is 1.42 bits per heavy atom. The van der Waals surface area contributed by atoms with Crippen LogP contribution in [0.1, 0.15) is 18.2 Å². The first-order valence-electron chi connectivity index (χ1n) is 3.56. The van der Waals surface area contributed by atoms with Gasteiger partial charge in [0.15, 0.2) is 0 Å². The molecule has 66 valence electrons. The van der Waals surface area contributed by atoms with Gasteiger partial charge in [0.25, 0.3) is 0 Å². The first-order chi connectivity index (χ1) is 5.55. The predicted octanol–water partition coefficient (Wildman–Crippen LogP) is 2.66. The van der Waals surface area contributed by atoms with Gasteiger partial charge >= 0.3 is 6.18 Å². The number of aryl methyl sites for hydroxylation is 1. The first kappa shape index (κ1) is 9.03. The molecule has 1 rings (SSSR count). The van der Waals surface area contributed by atoms with Crippen LogP contribution in [0.25, 0.3) is 0 Å². The lowest BCUT2D eigenvalue weighted by Gasteiger charge is -2.09. The van der Waals surface area contributed by atoms with E-state index in [0.29, 0.717) is 6.42 Å². The summed E-state index contributed by atoms with van der Waals surface area (Å²) < 4.78 is 36.6. The molecule has 0 aromatic carbocycles. The van der Waals surface area contributed by atoms with Crippen LogP contribution in [0.5, 0.6) is 0 Å². The van der Waals surface area contributed by atoms with E-state index in [1.54, 1.807) is 6.92 Å². The standard InChI is InChI=1S/C8H8F3N/c1-2-7-6(8(9,10)11)4-3-5-12-7/h3-5H,2H2,1H3. The van der Waals surface area contributed by atoms with Crippen molar-refractivity contribution in [1.82, 2.24) is 4.98 Å². The Balaban J connectivity index is 3.14. The van der Waals surface area contributed by atoms with Crippen LogP contribution in [0.15, 0.2) is 18.3 Å². The summed E-state index contributed by atoms with van der Waals surface area (Å²) >= 11 is 0. The average Bonchev–Trinajstić information content (AvgIpc) is 2.03. The van der Waals surface area contributed by atoms with Crippen LogP contribution < -0.4 is 0 Å². The Hall–Kier alpha value is -1.06. The highest BCUT2D eigenvalue weighted by Crippen LogP contribution is 2.30. The molecule has 1 heterocycles. The van der Waals surface area contributed by atoms with Crippen LogP contribution in [-0.2, 0) is 12.6 Å². The number of hydrogen-bond donors (Lipinski definition) is 0. The summed E-state index contributed by atoms with van der Waals surface area (Å²) in [6.45, 7) is 1.65. The van der Waals surface area contributed by atoms with Crippen molar-refractivity contribution in [2.75, 3.05) is 0 Å². The summed E-state index contributed by atoms with van der Waals surface area (Å²) in [7, 11) is 0. The topological polar surface area (TPSA) is 12.9 Å². The molecule has 0 amide bonds. The molecule has 1 nitrogen and oxygen atoms in total. The van der Waals surface area contributed by atoms with Gasteiger partial charge in [0, 0.05) is 6.20 Å². The molecule has 1 aromatic heterocycles. The summed E-state index contributed by atoms with van der Waals surface area (Å²) in [5, 5.41) is 0. The minimum Gasteiger partial charge on any atom is -0.261 e. The minimum atomic E-state index is -4.28. The zero-order valence-electron chi connectivity index (χ0n) is 6.52. The maximum absolute atomic E-state index is 12.2. The van der Waals surface area contributed by atoms with Gasteiger partial charge in [-0.15, -0.1) is 0 Å². The molecule has 12 heavy (non-hydrogen) atoms. The number of pyridine rings is 1. The number of rotatable bonds is 1. The van der Waals surface area contributed by atoms with Crippen LogP contribution in [0.4, 0.5) is 13.2 Å². The number of aromatic nitrogens is 1. The summed E-state index contributed by atoms with van der Waals surface area (Å²) in [5.41, 5.74) is -0.530. The summed E-state index contributed by atoms with van der Waals surface area (Å²) in [4.78, 5) is 3.64. The Morgan fingerprint density at radius 3 is 2.50 bits per heavy atom. The lowest BCUT2D eigenvalue weighted by molar-refractivity contribution is -0.138. The van der Waals surface area contributed by atoms with Crippen molar-refractivity contribution in [3.8, 4) is 0 Å². The Morgan fingerprint density at radius 2 is 2.08 bits per heavy atom. The zero-order valence-corrected chi connectivity index (χ0v) is 6.52. The summed E-state index contributed by atoms with van der Waals surface area (Å²) in [6.07, 6.45) is -2.61. The van der Waals surface area contributed by atoms with Crippen LogP contribution >= 0.6 is 0 Å². The maximum Gasteiger partial charge on any atom is 0.418 e. The average molecular weight is 175 g/mol. The first-order valence-corrected chi connectivity index (χ1v) is 3.56. The van der Waals surface area contributed by atoms with Gasteiger partial charge in [-0.3, -0.25) is 4.98 Å². The molecule has 0 fully saturated rings. The second-order valence-electron chi connectivity index (χ2n) is 2.35. The van der Waals surface area contributed by atoms with Crippen LogP contribution in [0.3, 0.4) is 0 Å². The molecule has 4 heteroatoms. The van der Waals surface area contributed by atoms with Gasteiger partial charge in [0.1, 0.15) is 0 Å². The highest BCUT2D eigenvalue weighted by molar-refractivity contribution is 5.22. The lowest BCUT2D eigenvalue weighted by Crippen LogP contribution is -2.09. The van der Waals surface area contributed by atoms with E-state index in [1.807, 2.05) is 0 Å². The van der Waals surface area contributed by atoms with E-state index in [0.717, 1.165) is 6.07 Å². The third kappa shape index (κ3) is 1.75. The quantitative estimate of drug-likeness (QED) is 0.639. The fraction of sp³-hybridized carbons (Fsp3) is 0.375. The van der Waals surface area contributed by atoms with E-state index in [9.17, 15) is 13.2 Å². The normalized spacial score (nSPS) is 11.7. The van der Waals surface area contributed by atoms with Gasteiger partial charge in [0.2, 0.25) is 0 Å². The molecule has 1 aromatic rings. The molecule has 0 aliphatic carbocycles. The van der Waals surface area contributed by atoms with E-state index in [2.05, 4.69) is 4.98 Å². The van der Waals surface area contributed by atoms with Gasteiger partial charge in [-0.1, -0.05) is 6.92 Å². The molecule has 0 N–H and O–H groups in total. The van der Waals surface area contributed by atoms with Crippen molar-refractivity contribution in [1.29, 1.82) is 0 Å². The van der Waals surface area contributed by atoms with Crippen molar-refractivity contribution in [3.05, 3.63) is 29.6 Å². The third-order valence-corrected chi connectivity index (χ3v) is 1.53. The largest absolute Gasteiger partial charge is 0.418 e. The fourth-order valence-electron chi connectivity index (χ4n) is 0.978. The van der Waals surface area contributed by atoms with Crippen molar-refractivity contribution >= 4 is 0 Å². The van der Waals surface area contributed by atoms with E-state index in [1.165, 1.54) is 12.3 Å². The van der Waals surface area contributed by atoms with Gasteiger partial charge in [-0.05, 0) is 18.6 Å². The predicted molar refractivity (Wildman–Crippen MR) is 38.6 cm³/mol. The molecule has 0 aliphatic heterocycles. The minimum absolute atomic E-state index is 0.102. The van der Waals surface area contributed by atoms with E-state index >= 15 is 0 Å². The highest BCUT2D eigenvalue weighted by atomic mass is 19.4. The monoisotopic (exact) mass is 175 g/mol. The molecule has 0 spiro atoms. The van der Waals surface area contributed by atoms with Gasteiger partial charge in [0.05, 0.1) is 11.3 Å². The maximum atomic E-state index is 12.2. The SMILES string of the molecule is CCc1ncccc1C(F)(F)F. The Labute approximate surface area is 68.2 Å². The highest BCUT2D eigenvalue weighted by Gasteiger charge is 2.32. The second-order valence-corrected chi connectivity index (χ2v) is 2.35. The Kier molecular flexibility index (Phi) is 2.35. The smallest absolute Gasteiger partial charge is 0.261 e. The molecule has 0 unspecified atom stereocenters. The van der Waals surface area contributed by atoms with Gasteiger partial charge in [-0.25, -0.2) is 0 Å². The van der Waals surface area contributed by atoms with Gasteiger partial charge in [-0.2, -0.15) is 13.2 Å². The van der Waals surface area contributed by atoms with Crippen LogP contribution in [-0.4, -0.2) is 4.98 Å². The second kappa shape index (κ2) is 3.13. The fourth-order valence-corrected chi connectivity index (χ4v) is 0.978. The third-order valence-electron chi connectivity index (χ3n) is 1.53. The Bertz CT molecular complexity index is 267. The molecule has 0 radical (unpaired) electrons. The van der Waals surface area contributed by atoms with Crippen molar-refractivity contribution in [2.45, 2.75) is 19.5 Å². The van der Waals surface area contributed by atoms with Crippen LogP contribution in [0.2, 0.25) is 0 Å². The number of halogens is 3. The molecule has 0 bridgehead atoms. The van der Waals surface area contributed by atoms with E-state index < -0.39 is 11.7 Å². The molecular weight excluding hydrogens is 167 g/mol. The zero-order chi connectivity index (χ0) is 9.19. The van der Waals surface area contributed by atoms with E-state index in [4.69, 9.17) is 0 Å². The molecule has 0 atom stereocenters. The molecular formula is C8H8F3N. The van der Waals surface area contributed by atoms with E-state index in [-0.39, 0.29) is 5.69 Å². The molecule has 0 saturated carbocycles. The van der Waals surface area contributed by atoms with Crippen molar-refractivity contribution < 1.29 is 13.2 Å². The lowest BCUT2D eigenvalue weighted by atomic mass is 10.1. The summed E-state index contributed by atoms with van der Waals surface area (Å²) in [5.74, 6) is 0. The summed E-state index contributed by atoms with van der Waals surface area (Å²) in [6, 6.07) is 2.34.